The van der Waals surface area contributed by atoms with Crippen LogP contribution in [0.4, 0.5) is 5.69 Å². The van der Waals surface area contributed by atoms with Crippen molar-refractivity contribution in [3.05, 3.63) is 39.9 Å². The van der Waals surface area contributed by atoms with Crippen molar-refractivity contribution in [1.82, 2.24) is 4.90 Å². The summed E-state index contributed by atoms with van der Waals surface area (Å²) in [6, 6.07) is 4.94. The number of benzene rings is 1. The molecule has 1 N–H and O–H groups in total. The van der Waals surface area contributed by atoms with E-state index < -0.39 is 22.3 Å². The average Bonchev–Trinajstić information content (AvgIpc) is 2.83. The van der Waals surface area contributed by atoms with Crippen LogP contribution in [0.15, 0.2) is 24.3 Å². The van der Waals surface area contributed by atoms with Gasteiger partial charge in [0.05, 0.1) is 4.92 Å². The molecular weight excluding hydrogens is 284 g/mol. The zero-order valence-corrected chi connectivity index (χ0v) is 11.4. The van der Waals surface area contributed by atoms with Crippen LogP contribution in [-0.4, -0.2) is 38.6 Å². The zero-order valence-electron chi connectivity index (χ0n) is 10.6. The fraction of sp³-hybridized carbons (Fsp3) is 0.333. The van der Waals surface area contributed by atoms with Gasteiger partial charge in [-0.3, -0.25) is 14.9 Å². The van der Waals surface area contributed by atoms with E-state index in [4.69, 9.17) is 5.11 Å². The van der Waals surface area contributed by atoms with Gasteiger partial charge >= 0.3 is 5.97 Å². The summed E-state index contributed by atoms with van der Waals surface area (Å²) in [5.74, 6) is -1.07. The lowest BCUT2D eigenvalue weighted by Gasteiger charge is -2.26. The van der Waals surface area contributed by atoms with Crippen LogP contribution in [0.25, 0.3) is 0 Å². The number of thioether (sulfide) groups is 1. The Balaban J connectivity index is 2.29. The maximum absolute atomic E-state index is 11.7. The van der Waals surface area contributed by atoms with E-state index in [-0.39, 0.29) is 11.6 Å². The van der Waals surface area contributed by atoms with Crippen molar-refractivity contribution in [2.45, 2.75) is 18.3 Å². The number of nitrogens with zero attached hydrogens (tertiary/aromatic N) is 2. The van der Waals surface area contributed by atoms with Crippen LogP contribution in [0.2, 0.25) is 0 Å². The third kappa shape index (κ3) is 2.60. The number of carboxylic acid groups (broad SMARTS) is 1. The summed E-state index contributed by atoms with van der Waals surface area (Å²) in [6.07, 6.45) is 0. The number of nitro benzene ring substituents is 1. The zero-order chi connectivity index (χ0) is 14.9. The summed E-state index contributed by atoms with van der Waals surface area (Å²) in [7, 11) is 0. The van der Waals surface area contributed by atoms with Crippen LogP contribution in [-0.2, 0) is 9.59 Å². The number of aliphatic carboxylic acids is 1. The largest absolute Gasteiger partial charge is 0.480 e. The first kappa shape index (κ1) is 14.3. The van der Waals surface area contributed by atoms with Gasteiger partial charge in [-0.2, -0.15) is 0 Å². The van der Waals surface area contributed by atoms with Crippen molar-refractivity contribution in [2.24, 2.45) is 0 Å². The smallest absolute Gasteiger partial charge is 0.327 e. The molecule has 8 heteroatoms. The molecule has 1 amide bonds. The molecule has 1 saturated heterocycles. The average molecular weight is 296 g/mol. The normalized spacial score (nSPS) is 21.8. The molecule has 0 aliphatic carbocycles. The van der Waals surface area contributed by atoms with Gasteiger partial charge in [0.15, 0.2) is 0 Å². The maximum atomic E-state index is 11.7. The minimum Gasteiger partial charge on any atom is -0.480 e. The molecule has 0 spiro atoms. The van der Waals surface area contributed by atoms with Crippen LogP contribution in [0.1, 0.15) is 17.9 Å². The molecule has 0 radical (unpaired) electrons. The molecule has 2 atom stereocenters. The van der Waals surface area contributed by atoms with Gasteiger partial charge in [0.1, 0.15) is 11.4 Å². The molecule has 7 nitrogen and oxygen atoms in total. The van der Waals surface area contributed by atoms with Gasteiger partial charge in [-0.15, -0.1) is 11.8 Å². The molecular formula is C12H12N2O5S. The highest BCUT2D eigenvalue weighted by molar-refractivity contribution is 7.99. The molecule has 1 fully saturated rings. The topological polar surface area (TPSA) is 101 Å². The Hall–Kier alpha value is -2.09. The Morgan fingerprint density at radius 1 is 1.40 bits per heavy atom. The number of non-ortho nitro benzene ring substituents is 1. The molecule has 2 rings (SSSR count). The summed E-state index contributed by atoms with van der Waals surface area (Å²) < 4.78 is 0. The van der Waals surface area contributed by atoms with E-state index in [1.807, 2.05) is 0 Å². The third-order valence-electron chi connectivity index (χ3n) is 3.04. The van der Waals surface area contributed by atoms with Crippen LogP contribution in [0.3, 0.4) is 0 Å². The van der Waals surface area contributed by atoms with E-state index in [2.05, 4.69) is 0 Å². The third-order valence-corrected chi connectivity index (χ3v) is 4.36. The van der Waals surface area contributed by atoms with Gasteiger partial charge in [0.25, 0.3) is 5.69 Å². The summed E-state index contributed by atoms with van der Waals surface area (Å²) in [4.78, 5) is 34.2. The fourth-order valence-electron chi connectivity index (χ4n) is 2.10. The second-order valence-electron chi connectivity index (χ2n) is 4.31. The number of amides is 1. The first-order valence-corrected chi connectivity index (χ1v) is 6.84. The summed E-state index contributed by atoms with van der Waals surface area (Å²) >= 11 is 1.34. The predicted molar refractivity (Wildman–Crippen MR) is 72.2 cm³/mol. The second-order valence-corrected chi connectivity index (χ2v) is 5.43. The standard InChI is InChI=1S/C12H12N2O5S/c1-7(15)13-10(12(16)17)6-20-11(13)8-2-4-9(5-3-8)14(18)19/h2-5,10-11H,6H2,1H3,(H,16,17)/t10-,11-/m0/s1. The molecule has 20 heavy (non-hydrogen) atoms. The molecule has 0 bridgehead atoms. The predicted octanol–water partition coefficient (Wildman–Crippen LogP) is 1.64. The Bertz CT molecular complexity index is 559. The van der Waals surface area contributed by atoms with Gasteiger partial charge in [-0.05, 0) is 17.7 Å². The first-order valence-electron chi connectivity index (χ1n) is 5.79. The highest BCUT2D eigenvalue weighted by atomic mass is 32.2. The van der Waals surface area contributed by atoms with Crippen molar-refractivity contribution in [3.8, 4) is 0 Å². The Labute approximate surface area is 118 Å². The van der Waals surface area contributed by atoms with Crippen LogP contribution in [0, 0.1) is 10.1 Å². The highest BCUT2D eigenvalue weighted by Crippen LogP contribution is 2.41. The lowest BCUT2D eigenvalue weighted by Crippen LogP contribution is -2.41. The molecule has 1 heterocycles. The van der Waals surface area contributed by atoms with Gasteiger partial charge in [-0.1, -0.05) is 0 Å². The van der Waals surface area contributed by atoms with E-state index in [0.29, 0.717) is 11.3 Å². The molecule has 106 valence electrons. The first-order chi connectivity index (χ1) is 9.41. The lowest BCUT2D eigenvalue weighted by molar-refractivity contribution is -0.384. The molecule has 1 aromatic rings. The molecule has 0 saturated carbocycles. The molecule has 0 aromatic heterocycles. The van der Waals surface area contributed by atoms with Crippen molar-refractivity contribution >= 4 is 29.3 Å². The Morgan fingerprint density at radius 2 is 2.00 bits per heavy atom. The number of hydrogen-bond acceptors (Lipinski definition) is 5. The van der Waals surface area contributed by atoms with E-state index in [1.165, 1.54) is 35.7 Å². The highest BCUT2D eigenvalue weighted by Gasteiger charge is 2.40. The van der Waals surface area contributed by atoms with Crippen molar-refractivity contribution in [2.75, 3.05) is 5.75 Å². The summed E-state index contributed by atoms with van der Waals surface area (Å²) in [6.45, 7) is 1.32. The van der Waals surface area contributed by atoms with Crippen LogP contribution >= 0.6 is 11.8 Å². The van der Waals surface area contributed by atoms with Crippen LogP contribution in [0.5, 0.6) is 0 Å². The number of carbonyl (C=O) groups excluding carboxylic acids is 1. The van der Waals surface area contributed by atoms with Crippen LogP contribution < -0.4 is 0 Å². The van der Waals surface area contributed by atoms with Crippen molar-refractivity contribution in [3.63, 3.8) is 0 Å². The van der Waals surface area contributed by atoms with Gasteiger partial charge in [0.2, 0.25) is 5.91 Å². The van der Waals surface area contributed by atoms with Gasteiger partial charge < -0.3 is 10.0 Å². The van der Waals surface area contributed by atoms with E-state index in [1.54, 1.807) is 12.1 Å². The van der Waals surface area contributed by atoms with Crippen molar-refractivity contribution in [1.29, 1.82) is 0 Å². The number of carbonyl (C=O) groups is 2. The number of nitro groups is 1. The van der Waals surface area contributed by atoms with Crippen molar-refractivity contribution < 1.29 is 19.6 Å². The molecule has 1 aromatic carbocycles. The number of rotatable bonds is 3. The van der Waals surface area contributed by atoms with E-state index in [9.17, 15) is 19.7 Å². The Morgan fingerprint density at radius 3 is 2.45 bits per heavy atom. The molecule has 0 unspecified atom stereocenters. The van der Waals surface area contributed by atoms with E-state index >= 15 is 0 Å². The Kier molecular flexibility index (Phi) is 3.93. The van der Waals surface area contributed by atoms with Gasteiger partial charge in [0, 0.05) is 24.8 Å². The minimum atomic E-state index is -1.04. The quantitative estimate of drug-likeness (QED) is 0.672. The SMILES string of the molecule is CC(=O)N1[C@H](C(=O)O)CS[C@H]1c1ccc([N+](=O)[O-])cc1. The lowest BCUT2D eigenvalue weighted by atomic mass is 10.1. The fourth-order valence-corrected chi connectivity index (χ4v) is 3.57. The monoisotopic (exact) mass is 296 g/mol. The van der Waals surface area contributed by atoms with E-state index in [0.717, 1.165) is 0 Å². The summed E-state index contributed by atoms with van der Waals surface area (Å²) in [5, 5.41) is 19.3. The summed E-state index contributed by atoms with van der Waals surface area (Å²) in [5.41, 5.74) is 0.639. The minimum absolute atomic E-state index is 0.0408. The second kappa shape index (κ2) is 5.49. The molecule has 1 aliphatic rings. The van der Waals surface area contributed by atoms with Gasteiger partial charge in [-0.25, -0.2) is 4.79 Å². The molecule has 1 aliphatic heterocycles. The number of carboxylic acids is 1. The maximum Gasteiger partial charge on any atom is 0.327 e. The number of hydrogen-bond donors (Lipinski definition) is 1.